The molecule has 2 N–H and O–H groups in total. The molecule has 2 heteroatoms. The summed E-state index contributed by atoms with van der Waals surface area (Å²) in [6.45, 7) is 5.69. The van der Waals surface area contributed by atoms with Gasteiger partial charge in [-0.2, -0.15) is 0 Å². The fraction of sp³-hybridized carbons (Fsp3) is 0.750. The molecule has 0 saturated heterocycles. The molecule has 0 aromatic carbocycles. The van der Waals surface area contributed by atoms with Gasteiger partial charge < -0.3 is 10.5 Å². The third-order valence-electron chi connectivity index (χ3n) is 2.09. The third kappa shape index (κ3) is 1.66. The second-order valence-electron chi connectivity index (χ2n) is 2.95. The van der Waals surface area contributed by atoms with Crippen molar-refractivity contribution in [3.63, 3.8) is 0 Å². The highest BCUT2D eigenvalue weighted by atomic mass is 16.5. The summed E-state index contributed by atoms with van der Waals surface area (Å²) in [5.74, 6) is 1.23. The molecule has 0 heterocycles. The molecule has 1 fully saturated rings. The molecule has 0 aliphatic heterocycles. The van der Waals surface area contributed by atoms with Gasteiger partial charge in [-0.15, -0.1) is 0 Å². The number of nitrogens with two attached hydrogens (primary N) is 1. The van der Waals surface area contributed by atoms with Crippen LogP contribution in [0, 0.1) is 5.92 Å². The van der Waals surface area contributed by atoms with Crippen molar-refractivity contribution in [2.45, 2.75) is 32.3 Å². The van der Waals surface area contributed by atoms with Crippen LogP contribution in [-0.2, 0) is 4.74 Å². The van der Waals surface area contributed by atoms with E-state index in [1.54, 1.807) is 0 Å². The van der Waals surface area contributed by atoms with Crippen molar-refractivity contribution in [3.05, 3.63) is 12.5 Å². The zero-order chi connectivity index (χ0) is 7.56. The Morgan fingerprint density at radius 2 is 2.30 bits per heavy atom. The van der Waals surface area contributed by atoms with Gasteiger partial charge in [0.1, 0.15) is 6.10 Å². The Hall–Kier alpha value is -0.660. The smallest absolute Gasteiger partial charge is 0.176 e. The Bertz CT molecular complexity index is 127. The molecule has 1 saturated carbocycles. The molecule has 0 aromatic heterocycles. The van der Waals surface area contributed by atoms with Crippen LogP contribution in [0.5, 0.6) is 0 Å². The first-order valence-electron chi connectivity index (χ1n) is 3.83. The van der Waals surface area contributed by atoms with Crippen molar-refractivity contribution in [3.8, 4) is 0 Å². The summed E-state index contributed by atoms with van der Waals surface area (Å²) in [5.41, 5.74) is 5.27. The minimum atomic E-state index is 0.361. The Balaban J connectivity index is 2.08. The van der Waals surface area contributed by atoms with Gasteiger partial charge in [0, 0.05) is 0 Å². The van der Waals surface area contributed by atoms with Crippen LogP contribution in [-0.4, -0.2) is 6.10 Å². The van der Waals surface area contributed by atoms with E-state index in [0.29, 0.717) is 12.0 Å². The molecule has 0 radical (unpaired) electrons. The lowest BCUT2D eigenvalue weighted by molar-refractivity contribution is 0.00904. The van der Waals surface area contributed by atoms with E-state index in [1.807, 2.05) is 0 Å². The quantitative estimate of drug-likeness (QED) is 0.606. The largest absolute Gasteiger partial charge is 0.477 e. The van der Waals surface area contributed by atoms with E-state index >= 15 is 0 Å². The number of rotatable bonds is 3. The fourth-order valence-electron chi connectivity index (χ4n) is 1.32. The van der Waals surface area contributed by atoms with Crippen molar-refractivity contribution >= 4 is 0 Å². The molecule has 10 heavy (non-hydrogen) atoms. The maximum absolute atomic E-state index is 5.27. The molecule has 2 nitrogen and oxygen atoms in total. The fourth-order valence-corrected chi connectivity index (χ4v) is 1.32. The van der Waals surface area contributed by atoms with E-state index in [4.69, 9.17) is 10.5 Å². The van der Waals surface area contributed by atoms with Crippen LogP contribution in [0.4, 0.5) is 0 Å². The molecule has 1 rings (SSSR count). The van der Waals surface area contributed by atoms with Crippen LogP contribution in [0.3, 0.4) is 0 Å². The van der Waals surface area contributed by atoms with E-state index in [-0.39, 0.29) is 0 Å². The summed E-state index contributed by atoms with van der Waals surface area (Å²) in [5, 5.41) is 0. The average Bonchev–Trinajstić information content (AvgIpc) is 1.76. The van der Waals surface area contributed by atoms with E-state index in [2.05, 4.69) is 13.5 Å². The Kier molecular flexibility index (Phi) is 2.20. The summed E-state index contributed by atoms with van der Waals surface area (Å²) < 4.78 is 5.20. The lowest BCUT2D eigenvalue weighted by Gasteiger charge is -2.34. The molecule has 0 aromatic rings. The number of hydrogen-bond acceptors (Lipinski definition) is 2. The molecule has 0 amide bonds. The highest BCUT2D eigenvalue weighted by Gasteiger charge is 2.28. The van der Waals surface area contributed by atoms with E-state index in [0.717, 1.165) is 18.8 Å². The lowest BCUT2D eigenvalue weighted by atomic mass is 9.81. The maximum atomic E-state index is 5.27. The minimum Gasteiger partial charge on any atom is -0.477 e. The highest BCUT2D eigenvalue weighted by Crippen LogP contribution is 2.32. The van der Waals surface area contributed by atoms with E-state index in [9.17, 15) is 0 Å². The van der Waals surface area contributed by atoms with Gasteiger partial charge in [0.05, 0.1) is 0 Å². The second-order valence-corrected chi connectivity index (χ2v) is 2.95. The molecule has 0 atom stereocenters. The van der Waals surface area contributed by atoms with Crippen LogP contribution in [0.15, 0.2) is 12.5 Å². The van der Waals surface area contributed by atoms with Crippen molar-refractivity contribution in [1.82, 2.24) is 0 Å². The van der Waals surface area contributed by atoms with Crippen LogP contribution < -0.4 is 5.73 Å². The average molecular weight is 141 g/mol. The van der Waals surface area contributed by atoms with Crippen molar-refractivity contribution < 1.29 is 4.74 Å². The van der Waals surface area contributed by atoms with Crippen molar-refractivity contribution in [2.75, 3.05) is 0 Å². The zero-order valence-corrected chi connectivity index (χ0v) is 6.47. The second kappa shape index (κ2) is 2.95. The van der Waals surface area contributed by atoms with E-state index < -0.39 is 0 Å². The third-order valence-corrected chi connectivity index (χ3v) is 2.09. The van der Waals surface area contributed by atoms with Gasteiger partial charge in [0.25, 0.3) is 0 Å². The standard InChI is InChI=1S/C8H15NO/c1-3-7-4-8(5-7)10-6(2)9/h7-8H,2-5,9H2,1H3/t7-,8+. The summed E-state index contributed by atoms with van der Waals surface area (Å²) in [7, 11) is 0. The predicted molar refractivity (Wildman–Crippen MR) is 41.2 cm³/mol. The lowest BCUT2D eigenvalue weighted by Crippen LogP contribution is -2.31. The Labute approximate surface area is 62.1 Å². The minimum absolute atomic E-state index is 0.361. The van der Waals surface area contributed by atoms with Gasteiger partial charge >= 0.3 is 0 Å². The molecule has 0 spiro atoms. The SMILES string of the molecule is C=C(N)O[C@H]1C[C@@H](CC)C1. The Morgan fingerprint density at radius 3 is 2.70 bits per heavy atom. The van der Waals surface area contributed by atoms with Gasteiger partial charge in [0.2, 0.25) is 0 Å². The van der Waals surface area contributed by atoms with Crippen molar-refractivity contribution in [1.29, 1.82) is 0 Å². The molecule has 58 valence electrons. The predicted octanol–water partition coefficient (Wildman–Crippen LogP) is 1.62. The molecule has 0 unspecified atom stereocenters. The summed E-state index contributed by atoms with van der Waals surface area (Å²) >= 11 is 0. The summed E-state index contributed by atoms with van der Waals surface area (Å²) in [6.07, 6.45) is 3.94. The maximum Gasteiger partial charge on any atom is 0.176 e. The molecule has 0 bridgehead atoms. The van der Waals surface area contributed by atoms with Crippen LogP contribution >= 0.6 is 0 Å². The van der Waals surface area contributed by atoms with Crippen LogP contribution in [0.25, 0.3) is 0 Å². The van der Waals surface area contributed by atoms with Crippen LogP contribution in [0.2, 0.25) is 0 Å². The molecular formula is C8H15NO. The van der Waals surface area contributed by atoms with E-state index in [1.165, 1.54) is 6.42 Å². The number of hydrogen-bond donors (Lipinski definition) is 1. The highest BCUT2D eigenvalue weighted by molar-refractivity contribution is 4.84. The first-order chi connectivity index (χ1) is 4.72. The zero-order valence-electron chi connectivity index (χ0n) is 6.47. The topological polar surface area (TPSA) is 35.2 Å². The monoisotopic (exact) mass is 141 g/mol. The summed E-state index contributed by atoms with van der Waals surface area (Å²) in [4.78, 5) is 0. The Morgan fingerprint density at radius 1 is 1.70 bits per heavy atom. The van der Waals surface area contributed by atoms with Crippen molar-refractivity contribution in [2.24, 2.45) is 11.7 Å². The van der Waals surface area contributed by atoms with Gasteiger partial charge in [-0.05, 0) is 25.3 Å². The first-order valence-corrected chi connectivity index (χ1v) is 3.83. The number of ether oxygens (including phenoxy) is 1. The molecule has 1 aliphatic carbocycles. The van der Waals surface area contributed by atoms with Gasteiger partial charge in [-0.1, -0.05) is 13.3 Å². The van der Waals surface area contributed by atoms with Crippen LogP contribution in [0.1, 0.15) is 26.2 Å². The molecule has 1 aliphatic rings. The van der Waals surface area contributed by atoms with Gasteiger partial charge in [0.15, 0.2) is 5.88 Å². The first kappa shape index (κ1) is 7.45. The normalized spacial score (nSPS) is 30.9. The van der Waals surface area contributed by atoms with Gasteiger partial charge in [-0.25, -0.2) is 0 Å². The molecular weight excluding hydrogens is 126 g/mol. The van der Waals surface area contributed by atoms with Gasteiger partial charge in [-0.3, -0.25) is 0 Å². The summed E-state index contributed by atoms with van der Waals surface area (Å²) in [6, 6.07) is 0.